The number of benzene rings is 2. The molecule has 1 amide bonds. The maximum Gasteiger partial charge on any atom is 0.303 e. The molecule has 2 aliphatic rings. The van der Waals surface area contributed by atoms with E-state index in [0.29, 0.717) is 0 Å². The number of ether oxygens (including phenoxy) is 5. The van der Waals surface area contributed by atoms with Crippen molar-refractivity contribution in [2.24, 2.45) is 0 Å². The maximum absolute atomic E-state index is 12.0. The van der Waals surface area contributed by atoms with E-state index in [-0.39, 0.29) is 19.1 Å². The van der Waals surface area contributed by atoms with Gasteiger partial charge in [-0.2, -0.15) is 0 Å². The van der Waals surface area contributed by atoms with Crippen LogP contribution in [0.15, 0.2) is 60.7 Å². The second kappa shape index (κ2) is 10.2. The molecule has 2 aromatic carbocycles. The molecule has 0 aromatic heterocycles. The van der Waals surface area contributed by atoms with Crippen LogP contribution in [0.25, 0.3) is 0 Å². The van der Waals surface area contributed by atoms with Gasteiger partial charge in [0.1, 0.15) is 18.2 Å². The van der Waals surface area contributed by atoms with Crippen LogP contribution in [0.5, 0.6) is 0 Å². The van der Waals surface area contributed by atoms with Crippen LogP contribution >= 0.6 is 0 Å². The molecule has 8 heteroatoms. The highest BCUT2D eigenvalue weighted by atomic mass is 16.8. The summed E-state index contributed by atoms with van der Waals surface area (Å²) in [5.74, 6) is -0.784. The molecule has 4 rings (SSSR count). The number of carbonyl (C=O) groups excluding carboxylic acids is 2. The summed E-state index contributed by atoms with van der Waals surface area (Å²) in [7, 11) is 0. The predicted molar refractivity (Wildman–Crippen MR) is 113 cm³/mol. The molecule has 2 aliphatic heterocycles. The third-order valence-electron chi connectivity index (χ3n) is 5.34. The molecule has 6 atom stereocenters. The largest absolute Gasteiger partial charge is 0.457 e. The first-order valence-electron chi connectivity index (χ1n) is 10.6. The first-order chi connectivity index (χ1) is 15.5. The van der Waals surface area contributed by atoms with Crippen LogP contribution < -0.4 is 5.32 Å². The molecule has 0 radical (unpaired) electrons. The predicted octanol–water partition coefficient (Wildman–Crippen LogP) is 2.48. The van der Waals surface area contributed by atoms with Crippen molar-refractivity contribution in [3.63, 3.8) is 0 Å². The van der Waals surface area contributed by atoms with Crippen LogP contribution in [0, 0.1) is 0 Å². The molecule has 0 saturated carbocycles. The lowest BCUT2D eigenvalue weighted by atomic mass is 9.95. The first kappa shape index (κ1) is 22.4. The Morgan fingerprint density at radius 3 is 2.34 bits per heavy atom. The van der Waals surface area contributed by atoms with Crippen LogP contribution in [0.4, 0.5) is 0 Å². The van der Waals surface area contributed by atoms with Gasteiger partial charge in [-0.15, -0.1) is 0 Å². The molecule has 0 spiro atoms. The van der Waals surface area contributed by atoms with Crippen molar-refractivity contribution in [1.82, 2.24) is 5.32 Å². The van der Waals surface area contributed by atoms with Gasteiger partial charge in [-0.1, -0.05) is 60.7 Å². The van der Waals surface area contributed by atoms with Crippen molar-refractivity contribution in [1.29, 1.82) is 0 Å². The van der Waals surface area contributed by atoms with Gasteiger partial charge in [0.05, 0.1) is 13.2 Å². The number of hydrogen-bond donors (Lipinski definition) is 1. The molecule has 1 N–H and O–H groups in total. The highest BCUT2D eigenvalue weighted by Crippen LogP contribution is 2.36. The lowest BCUT2D eigenvalue weighted by molar-refractivity contribution is -0.346. The number of esters is 1. The van der Waals surface area contributed by atoms with E-state index in [1.165, 1.54) is 13.8 Å². The van der Waals surface area contributed by atoms with Crippen molar-refractivity contribution < 1.29 is 33.3 Å². The zero-order chi connectivity index (χ0) is 22.5. The van der Waals surface area contributed by atoms with Crippen molar-refractivity contribution in [3.8, 4) is 0 Å². The van der Waals surface area contributed by atoms with Gasteiger partial charge in [-0.25, -0.2) is 0 Å². The second-order valence-electron chi connectivity index (χ2n) is 7.82. The van der Waals surface area contributed by atoms with Crippen LogP contribution in [-0.2, 0) is 39.9 Å². The topological polar surface area (TPSA) is 92.3 Å². The molecule has 2 aromatic rings. The van der Waals surface area contributed by atoms with Crippen molar-refractivity contribution in [2.75, 3.05) is 6.61 Å². The first-order valence-corrected chi connectivity index (χ1v) is 10.6. The molecule has 32 heavy (non-hydrogen) atoms. The summed E-state index contributed by atoms with van der Waals surface area (Å²) in [4.78, 5) is 23.9. The highest BCUT2D eigenvalue weighted by Gasteiger charge is 2.52. The Labute approximate surface area is 186 Å². The van der Waals surface area contributed by atoms with Crippen LogP contribution in [0.3, 0.4) is 0 Å². The van der Waals surface area contributed by atoms with Crippen LogP contribution in [-0.4, -0.2) is 49.1 Å². The minimum atomic E-state index is -0.856. The van der Waals surface area contributed by atoms with E-state index in [1.54, 1.807) is 0 Å². The van der Waals surface area contributed by atoms with E-state index in [0.717, 1.165) is 11.1 Å². The van der Waals surface area contributed by atoms with Gasteiger partial charge in [0.15, 0.2) is 18.7 Å². The standard InChI is InChI=1S/C24H27NO7/c1-15(26)25-20-22(30-16(2)27)21-19(14-29-23(32-21)18-11-7-4-8-12-18)31-24(20)28-13-17-9-5-3-6-10-17/h3-12,19-24H,13-14H2,1-2H3,(H,25,26)/t19-,20-,21+,22-,23+,24+/m0/s1. The fourth-order valence-corrected chi connectivity index (χ4v) is 3.97. The Hall–Kier alpha value is -2.78. The van der Waals surface area contributed by atoms with Gasteiger partial charge >= 0.3 is 5.97 Å². The average molecular weight is 441 g/mol. The fraction of sp³-hybridized carbons (Fsp3) is 0.417. The van der Waals surface area contributed by atoms with E-state index < -0.39 is 42.9 Å². The lowest BCUT2D eigenvalue weighted by Crippen LogP contribution is -2.67. The highest BCUT2D eigenvalue weighted by molar-refractivity contribution is 5.73. The van der Waals surface area contributed by atoms with E-state index in [4.69, 9.17) is 23.7 Å². The molecular weight excluding hydrogens is 414 g/mol. The number of amides is 1. The molecule has 0 aliphatic carbocycles. The van der Waals surface area contributed by atoms with Gasteiger partial charge in [0.25, 0.3) is 0 Å². The van der Waals surface area contributed by atoms with Gasteiger partial charge in [0, 0.05) is 19.4 Å². The molecule has 2 fully saturated rings. The second-order valence-corrected chi connectivity index (χ2v) is 7.82. The van der Waals surface area contributed by atoms with E-state index >= 15 is 0 Å². The fourth-order valence-electron chi connectivity index (χ4n) is 3.97. The summed E-state index contributed by atoms with van der Waals surface area (Å²) < 4.78 is 29.9. The summed E-state index contributed by atoms with van der Waals surface area (Å²) in [6, 6.07) is 18.3. The smallest absolute Gasteiger partial charge is 0.303 e. The van der Waals surface area contributed by atoms with Crippen molar-refractivity contribution in [3.05, 3.63) is 71.8 Å². The SMILES string of the molecule is CC(=O)N[C@@H]1[C@H](OCc2ccccc2)O[C@H]2CO[C@@H](c3ccccc3)O[C@H]2[C@H]1OC(C)=O. The normalized spacial score (nSPS) is 29.6. The molecule has 8 nitrogen and oxygen atoms in total. The van der Waals surface area contributed by atoms with Gasteiger partial charge < -0.3 is 29.0 Å². The number of carbonyl (C=O) groups is 2. The Morgan fingerprint density at radius 1 is 1.00 bits per heavy atom. The Bertz CT molecular complexity index is 907. The van der Waals surface area contributed by atoms with E-state index in [9.17, 15) is 9.59 Å². The molecule has 2 heterocycles. The van der Waals surface area contributed by atoms with Gasteiger partial charge in [0.2, 0.25) is 5.91 Å². The number of fused-ring (bicyclic) bond motifs is 1. The van der Waals surface area contributed by atoms with Crippen molar-refractivity contribution in [2.45, 2.75) is 57.4 Å². The minimum Gasteiger partial charge on any atom is -0.457 e. The summed E-state index contributed by atoms with van der Waals surface area (Å²) >= 11 is 0. The zero-order valence-corrected chi connectivity index (χ0v) is 18.0. The third kappa shape index (κ3) is 5.34. The van der Waals surface area contributed by atoms with Crippen molar-refractivity contribution >= 4 is 11.9 Å². The average Bonchev–Trinajstić information content (AvgIpc) is 2.80. The summed E-state index contributed by atoms with van der Waals surface area (Å²) in [5.41, 5.74) is 1.79. The van der Waals surface area contributed by atoms with Crippen LogP contribution in [0.2, 0.25) is 0 Å². The molecular formula is C24H27NO7. The van der Waals surface area contributed by atoms with E-state index in [2.05, 4.69) is 5.32 Å². The Morgan fingerprint density at radius 2 is 1.69 bits per heavy atom. The van der Waals surface area contributed by atoms with Gasteiger partial charge in [-0.05, 0) is 5.56 Å². The molecule has 0 unspecified atom stereocenters. The molecule has 2 saturated heterocycles. The maximum atomic E-state index is 12.0. The molecule has 170 valence electrons. The summed E-state index contributed by atoms with van der Waals surface area (Å²) in [6.07, 6.45) is -3.49. The van der Waals surface area contributed by atoms with Gasteiger partial charge in [-0.3, -0.25) is 9.59 Å². The Kier molecular flexibility index (Phi) is 7.16. The summed E-state index contributed by atoms with van der Waals surface area (Å²) in [5, 5.41) is 2.82. The monoisotopic (exact) mass is 441 g/mol. The van der Waals surface area contributed by atoms with Crippen LogP contribution in [0.1, 0.15) is 31.3 Å². The zero-order valence-electron chi connectivity index (χ0n) is 18.0. The Balaban J connectivity index is 1.57. The third-order valence-corrected chi connectivity index (χ3v) is 5.34. The number of nitrogens with one attached hydrogen (secondary N) is 1. The number of hydrogen-bond acceptors (Lipinski definition) is 7. The quantitative estimate of drug-likeness (QED) is 0.689. The summed E-state index contributed by atoms with van der Waals surface area (Å²) in [6.45, 7) is 3.20. The minimum absolute atomic E-state index is 0.222. The van der Waals surface area contributed by atoms with E-state index in [1.807, 2.05) is 60.7 Å². The lowest BCUT2D eigenvalue weighted by Gasteiger charge is -2.48. The number of rotatable bonds is 6. The molecule has 0 bridgehead atoms.